The molecule has 0 saturated heterocycles. The van der Waals surface area contributed by atoms with Crippen LogP contribution in [0.15, 0.2) is 47.6 Å². The van der Waals surface area contributed by atoms with Crippen molar-refractivity contribution in [2.45, 2.75) is 34.6 Å². The van der Waals surface area contributed by atoms with E-state index in [0.717, 1.165) is 0 Å². The summed E-state index contributed by atoms with van der Waals surface area (Å²) >= 11 is 0. The first-order valence-electron chi connectivity index (χ1n) is 5.22. The van der Waals surface area contributed by atoms with E-state index < -0.39 is 0 Å². The van der Waals surface area contributed by atoms with Crippen molar-refractivity contribution in [3.8, 4) is 0 Å². The summed E-state index contributed by atoms with van der Waals surface area (Å²) in [5, 5.41) is 0. The van der Waals surface area contributed by atoms with E-state index in [2.05, 4.69) is 64.2 Å². The zero-order valence-corrected chi connectivity index (χ0v) is 10.0. The Balaban J connectivity index is 4.20. The van der Waals surface area contributed by atoms with E-state index >= 15 is 0 Å². The van der Waals surface area contributed by atoms with Crippen molar-refractivity contribution in [1.82, 2.24) is 0 Å². The third kappa shape index (κ3) is 6.47. The van der Waals surface area contributed by atoms with Gasteiger partial charge in [0.1, 0.15) is 0 Å². The first-order chi connectivity index (χ1) is 6.57. The van der Waals surface area contributed by atoms with Crippen LogP contribution in [-0.2, 0) is 0 Å². The van der Waals surface area contributed by atoms with Gasteiger partial charge in [-0.1, -0.05) is 61.4 Å². The Morgan fingerprint density at radius 1 is 1.00 bits per heavy atom. The molecule has 0 fully saturated rings. The molecule has 0 aromatic rings. The zero-order valence-electron chi connectivity index (χ0n) is 10.0. The molecule has 78 valence electrons. The molecule has 14 heavy (non-hydrogen) atoms. The van der Waals surface area contributed by atoms with E-state index in [1.54, 1.807) is 0 Å². The van der Waals surface area contributed by atoms with Crippen molar-refractivity contribution < 1.29 is 0 Å². The lowest BCUT2D eigenvalue weighted by molar-refractivity contribution is 0.769. The first kappa shape index (κ1) is 13.0. The van der Waals surface area contributed by atoms with E-state index in [0.29, 0.717) is 5.92 Å². The van der Waals surface area contributed by atoms with Gasteiger partial charge in [0.2, 0.25) is 0 Å². The summed E-state index contributed by atoms with van der Waals surface area (Å²) in [6, 6.07) is 0. The predicted molar refractivity (Wildman–Crippen MR) is 66.3 cm³/mol. The van der Waals surface area contributed by atoms with Crippen LogP contribution in [0.3, 0.4) is 0 Å². The molecule has 0 aliphatic rings. The lowest BCUT2D eigenvalue weighted by Crippen LogP contribution is -1.86. The zero-order chi connectivity index (χ0) is 11.0. The topological polar surface area (TPSA) is 0 Å². The van der Waals surface area contributed by atoms with Gasteiger partial charge in [-0.15, -0.1) is 0 Å². The summed E-state index contributed by atoms with van der Waals surface area (Å²) in [6.07, 6.45) is 12.6. The molecule has 0 aromatic heterocycles. The van der Waals surface area contributed by atoms with Crippen molar-refractivity contribution >= 4 is 0 Å². The fourth-order valence-electron chi connectivity index (χ4n) is 0.926. The van der Waals surface area contributed by atoms with Crippen LogP contribution in [0.5, 0.6) is 0 Å². The number of allylic oxidation sites excluding steroid dienone is 8. The van der Waals surface area contributed by atoms with Crippen molar-refractivity contribution in [3.63, 3.8) is 0 Å². The molecule has 0 heterocycles. The Kier molecular flexibility index (Phi) is 6.82. The van der Waals surface area contributed by atoms with Gasteiger partial charge >= 0.3 is 0 Å². The molecule has 0 amide bonds. The minimum absolute atomic E-state index is 0.639. The number of hydrogen-bond donors (Lipinski definition) is 0. The molecular formula is C14H22. The van der Waals surface area contributed by atoms with Gasteiger partial charge in [-0.2, -0.15) is 0 Å². The molecule has 0 heteroatoms. The molecule has 0 unspecified atom stereocenters. The standard InChI is InChI=1S/C14H22/c1-6-9-13(4)10-7-8-11-14(5)12(2)3/h6-12H,1-5H3/b8-7+,9-6+,13-10+,14-11+. The molecule has 0 bridgehead atoms. The summed E-state index contributed by atoms with van der Waals surface area (Å²) in [6.45, 7) is 10.7. The average molecular weight is 190 g/mol. The van der Waals surface area contributed by atoms with Gasteiger partial charge in [0, 0.05) is 0 Å². The van der Waals surface area contributed by atoms with Gasteiger partial charge in [0.15, 0.2) is 0 Å². The SMILES string of the molecule is C/C=C/C(C)=C/C=C/C=C(\C)C(C)C. The highest BCUT2D eigenvalue weighted by Gasteiger charge is 1.91. The first-order valence-corrected chi connectivity index (χ1v) is 5.22. The quantitative estimate of drug-likeness (QED) is 0.565. The second-order valence-corrected chi connectivity index (χ2v) is 3.86. The van der Waals surface area contributed by atoms with Crippen molar-refractivity contribution in [1.29, 1.82) is 0 Å². The Hall–Kier alpha value is -1.04. The van der Waals surface area contributed by atoms with Gasteiger partial charge in [0.05, 0.1) is 0 Å². The van der Waals surface area contributed by atoms with Crippen LogP contribution in [0, 0.1) is 5.92 Å². The fraction of sp³-hybridized carbons (Fsp3) is 0.429. The van der Waals surface area contributed by atoms with Crippen LogP contribution in [-0.4, -0.2) is 0 Å². The predicted octanol–water partition coefficient (Wildman–Crippen LogP) is 4.67. The average Bonchev–Trinajstić information content (AvgIpc) is 2.12. The smallest absolute Gasteiger partial charge is 0.0260 e. The minimum Gasteiger partial charge on any atom is -0.0874 e. The van der Waals surface area contributed by atoms with Crippen LogP contribution in [0.1, 0.15) is 34.6 Å². The molecule has 0 rings (SSSR count). The van der Waals surface area contributed by atoms with Crippen LogP contribution in [0.25, 0.3) is 0 Å². The Morgan fingerprint density at radius 3 is 2.07 bits per heavy atom. The Morgan fingerprint density at radius 2 is 1.57 bits per heavy atom. The molecule has 0 aliphatic carbocycles. The summed E-state index contributed by atoms with van der Waals surface area (Å²) < 4.78 is 0. The molecule has 0 nitrogen and oxygen atoms in total. The summed E-state index contributed by atoms with van der Waals surface area (Å²) in [7, 11) is 0. The number of rotatable bonds is 4. The molecule has 0 aliphatic heterocycles. The van der Waals surface area contributed by atoms with Gasteiger partial charge in [-0.3, -0.25) is 0 Å². The maximum Gasteiger partial charge on any atom is -0.0260 e. The van der Waals surface area contributed by atoms with E-state index in [1.807, 2.05) is 6.92 Å². The molecule has 0 radical (unpaired) electrons. The third-order valence-electron chi connectivity index (χ3n) is 2.17. The third-order valence-corrected chi connectivity index (χ3v) is 2.17. The highest BCUT2D eigenvalue weighted by atomic mass is 14.0. The second kappa shape index (κ2) is 7.37. The second-order valence-electron chi connectivity index (χ2n) is 3.86. The van der Waals surface area contributed by atoms with E-state index in [-0.39, 0.29) is 0 Å². The van der Waals surface area contributed by atoms with Crippen LogP contribution < -0.4 is 0 Å². The largest absolute Gasteiger partial charge is 0.0874 e. The Labute approximate surface area is 88.7 Å². The maximum absolute atomic E-state index is 2.21. The molecule has 0 N–H and O–H groups in total. The molecular weight excluding hydrogens is 168 g/mol. The number of hydrogen-bond acceptors (Lipinski definition) is 0. The van der Waals surface area contributed by atoms with Crippen molar-refractivity contribution in [3.05, 3.63) is 47.6 Å². The van der Waals surface area contributed by atoms with Crippen LogP contribution in [0.2, 0.25) is 0 Å². The van der Waals surface area contributed by atoms with Gasteiger partial charge in [-0.05, 0) is 26.7 Å². The lowest BCUT2D eigenvalue weighted by atomic mass is 10.1. The van der Waals surface area contributed by atoms with Crippen molar-refractivity contribution in [2.75, 3.05) is 0 Å². The lowest BCUT2D eigenvalue weighted by Gasteiger charge is -2.01. The van der Waals surface area contributed by atoms with Crippen LogP contribution in [0.4, 0.5) is 0 Å². The molecule has 0 atom stereocenters. The maximum atomic E-state index is 2.21. The highest BCUT2D eigenvalue weighted by molar-refractivity contribution is 5.24. The normalized spacial score (nSPS) is 15.0. The summed E-state index contributed by atoms with van der Waals surface area (Å²) in [5.41, 5.74) is 2.69. The summed E-state index contributed by atoms with van der Waals surface area (Å²) in [4.78, 5) is 0. The van der Waals surface area contributed by atoms with Gasteiger partial charge in [0.25, 0.3) is 0 Å². The highest BCUT2D eigenvalue weighted by Crippen LogP contribution is 2.07. The molecule has 0 aromatic carbocycles. The summed E-state index contributed by atoms with van der Waals surface area (Å²) in [5.74, 6) is 0.639. The van der Waals surface area contributed by atoms with Gasteiger partial charge < -0.3 is 0 Å². The van der Waals surface area contributed by atoms with E-state index in [4.69, 9.17) is 0 Å². The van der Waals surface area contributed by atoms with Crippen LogP contribution >= 0.6 is 0 Å². The van der Waals surface area contributed by atoms with Crippen molar-refractivity contribution in [2.24, 2.45) is 5.92 Å². The van der Waals surface area contributed by atoms with Gasteiger partial charge in [-0.25, -0.2) is 0 Å². The van der Waals surface area contributed by atoms with E-state index in [1.165, 1.54) is 11.1 Å². The molecule has 0 saturated carbocycles. The molecule has 0 spiro atoms. The van der Waals surface area contributed by atoms with E-state index in [9.17, 15) is 0 Å². The fourth-order valence-corrected chi connectivity index (χ4v) is 0.926. The Bertz CT molecular complexity index is 260. The monoisotopic (exact) mass is 190 g/mol. The minimum atomic E-state index is 0.639.